The van der Waals surface area contributed by atoms with E-state index < -0.39 is 12.1 Å². The molecule has 0 radical (unpaired) electrons. The van der Waals surface area contributed by atoms with Crippen molar-refractivity contribution >= 4 is 12.0 Å². The predicted octanol–water partition coefficient (Wildman–Crippen LogP) is 5.22. The van der Waals surface area contributed by atoms with Crippen molar-refractivity contribution in [2.24, 2.45) is 0 Å². The molecule has 1 heterocycles. The molecular weight excluding hydrogens is 336 g/mol. The van der Waals surface area contributed by atoms with Gasteiger partial charge in [0.1, 0.15) is 11.9 Å². The van der Waals surface area contributed by atoms with Gasteiger partial charge in [-0.2, -0.15) is 0 Å². The molecule has 0 fully saturated rings. The standard InChI is InChI=1S/C24H20O3/c25-24(26)21-16-20-15-19(18-9-5-2-6-10-18)12-14-22(20)27-23(21)13-11-17-7-3-1-4-8-17/h1-10,12,14-16,23H,11,13H2,(H,25,26). The van der Waals surface area contributed by atoms with Crippen molar-refractivity contribution in [3.63, 3.8) is 0 Å². The fraction of sp³-hybridized carbons (Fsp3) is 0.125. The summed E-state index contributed by atoms with van der Waals surface area (Å²) in [6.07, 6.45) is 2.71. The Labute approximate surface area is 158 Å². The topological polar surface area (TPSA) is 46.5 Å². The molecule has 3 heteroatoms. The summed E-state index contributed by atoms with van der Waals surface area (Å²) in [4.78, 5) is 11.8. The van der Waals surface area contributed by atoms with Crippen LogP contribution in [0.4, 0.5) is 0 Å². The van der Waals surface area contributed by atoms with E-state index in [1.165, 1.54) is 5.56 Å². The quantitative estimate of drug-likeness (QED) is 0.682. The van der Waals surface area contributed by atoms with E-state index in [2.05, 4.69) is 0 Å². The van der Waals surface area contributed by atoms with E-state index in [4.69, 9.17) is 4.74 Å². The van der Waals surface area contributed by atoms with Crippen LogP contribution in [-0.2, 0) is 11.2 Å². The Bertz CT molecular complexity index is 975. The highest BCUT2D eigenvalue weighted by Gasteiger charge is 2.27. The first kappa shape index (κ1) is 17.1. The lowest BCUT2D eigenvalue weighted by atomic mass is 9.94. The van der Waals surface area contributed by atoms with Crippen molar-refractivity contribution in [2.75, 3.05) is 0 Å². The Balaban J connectivity index is 1.61. The molecule has 0 spiro atoms. The van der Waals surface area contributed by atoms with Gasteiger partial charge in [0.2, 0.25) is 0 Å². The zero-order chi connectivity index (χ0) is 18.6. The maximum absolute atomic E-state index is 11.8. The number of hydrogen-bond donors (Lipinski definition) is 1. The minimum absolute atomic E-state index is 0.309. The van der Waals surface area contributed by atoms with Crippen LogP contribution in [0.15, 0.2) is 84.4 Å². The van der Waals surface area contributed by atoms with Crippen LogP contribution in [0.25, 0.3) is 17.2 Å². The van der Waals surface area contributed by atoms with E-state index in [0.717, 1.165) is 28.9 Å². The molecule has 0 saturated carbocycles. The van der Waals surface area contributed by atoms with Crippen LogP contribution >= 0.6 is 0 Å². The maximum atomic E-state index is 11.8. The molecule has 0 saturated heterocycles. The number of aryl methyl sites for hydroxylation is 1. The van der Waals surface area contributed by atoms with Gasteiger partial charge >= 0.3 is 5.97 Å². The lowest BCUT2D eigenvalue weighted by Gasteiger charge is -2.26. The summed E-state index contributed by atoms with van der Waals surface area (Å²) < 4.78 is 6.07. The molecule has 3 aromatic carbocycles. The average molecular weight is 356 g/mol. The van der Waals surface area contributed by atoms with Crippen LogP contribution in [0.3, 0.4) is 0 Å². The maximum Gasteiger partial charge on any atom is 0.335 e. The summed E-state index contributed by atoms with van der Waals surface area (Å²) in [5.41, 5.74) is 4.43. The SMILES string of the molecule is O=C(O)C1=Cc2cc(-c3ccccc3)ccc2OC1CCc1ccccc1. The molecule has 134 valence electrons. The number of benzene rings is 3. The molecule has 4 rings (SSSR count). The van der Waals surface area contributed by atoms with Gasteiger partial charge < -0.3 is 9.84 Å². The second kappa shape index (κ2) is 7.50. The molecule has 0 aromatic heterocycles. The molecule has 1 unspecified atom stereocenters. The molecule has 1 aliphatic heterocycles. The van der Waals surface area contributed by atoms with Crippen molar-refractivity contribution in [3.05, 3.63) is 95.6 Å². The van der Waals surface area contributed by atoms with Gasteiger partial charge in [0.05, 0.1) is 5.57 Å². The highest BCUT2D eigenvalue weighted by molar-refractivity contribution is 5.95. The summed E-state index contributed by atoms with van der Waals surface area (Å²) in [6.45, 7) is 0. The normalized spacial score (nSPS) is 15.4. The average Bonchev–Trinajstić information content (AvgIpc) is 2.72. The lowest BCUT2D eigenvalue weighted by Crippen LogP contribution is -2.27. The number of rotatable bonds is 5. The molecule has 0 bridgehead atoms. The number of fused-ring (bicyclic) bond motifs is 1. The Hall–Kier alpha value is -3.33. The number of hydrogen-bond acceptors (Lipinski definition) is 2. The first-order valence-corrected chi connectivity index (χ1v) is 9.05. The highest BCUT2D eigenvalue weighted by Crippen LogP contribution is 2.34. The minimum atomic E-state index is -0.927. The van der Waals surface area contributed by atoms with Gasteiger partial charge in [0.15, 0.2) is 0 Å². The van der Waals surface area contributed by atoms with Gasteiger partial charge in [-0.05, 0) is 47.7 Å². The Morgan fingerprint density at radius 3 is 2.30 bits per heavy atom. The zero-order valence-corrected chi connectivity index (χ0v) is 14.8. The van der Waals surface area contributed by atoms with Crippen molar-refractivity contribution in [3.8, 4) is 16.9 Å². The van der Waals surface area contributed by atoms with Gasteiger partial charge in [0, 0.05) is 5.56 Å². The van der Waals surface area contributed by atoms with E-state index >= 15 is 0 Å². The minimum Gasteiger partial charge on any atom is -0.485 e. The van der Waals surface area contributed by atoms with E-state index in [-0.39, 0.29) is 0 Å². The third-order valence-corrected chi connectivity index (χ3v) is 4.83. The van der Waals surface area contributed by atoms with Crippen LogP contribution in [0.1, 0.15) is 17.5 Å². The van der Waals surface area contributed by atoms with Gasteiger partial charge in [-0.15, -0.1) is 0 Å². The first-order chi connectivity index (χ1) is 13.2. The van der Waals surface area contributed by atoms with Crippen LogP contribution in [0.2, 0.25) is 0 Å². The van der Waals surface area contributed by atoms with Gasteiger partial charge in [-0.1, -0.05) is 66.7 Å². The van der Waals surface area contributed by atoms with Crippen LogP contribution in [0.5, 0.6) is 5.75 Å². The number of aliphatic carboxylic acids is 1. The van der Waals surface area contributed by atoms with Crippen molar-refractivity contribution in [1.82, 2.24) is 0 Å². The molecule has 27 heavy (non-hydrogen) atoms. The highest BCUT2D eigenvalue weighted by atomic mass is 16.5. The summed E-state index contributed by atoms with van der Waals surface area (Å²) in [7, 11) is 0. The summed E-state index contributed by atoms with van der Waals surface area (Å²) in [5, 5.41) is 9.67. The molecular formula is C24H20O3. The van der Waals surface area contributed by atoms with Gasteiger partial charge in [-0.25, -0.2) is 4.79 Å². The van der Waals surface area contributed by atoms with Crippen LogP contribution < -0.4 is 4.74 Å². The molecule has 3 aromatic rings. The fourth-order valence-electron chi connectivity index (χ4n) is 3.41. The van der Waals surface area contributed by atoms with E-state index in [0.29, 0.717) is 12.0 Å². The van der Waals surface area contributed by atoms with Crippen LogP contribution in [0, 0.1) is 0 Å². The smallest absolute Gasteiger partial charge is 0.335 e. The molecule has 1 aliphatic rings. The Morgan fingerprint density at radius 2 is 1.59 bits per heavy atom. The molecule has 1 atom stereocenters. The van der Waals surface area contributed by atoms with Crippen molar-refractivity contribution in [2.45, 2.75) is 18.9 Å². The monoisotopic (exact) mass is 356 g/mol. The van der Waals surface area contributed by atoms with E-state index in [1.54, 1.807) is 6.08 Å². The predicted molar refractivity (Wildman–Crippen MR) is 107 cm³/mol. The summed E-state index contributed by atoms with van der Waals surface area (Å²) in [5.74, 6) is -0.193. The summed E-state index contributed by atoms with van der Waals surface area (Å²) >= 11 is 0. The van der Waals surface area contributed by atoms with Crippen molar-refractivity contribution in [1.29, 1.82) is 0 Å². The molecule has 1 N–H and O–H groups in total. The zero-order valence-electron chi connectivity index (χ0n) is 14.8. The third-order valence-electron chi connectivity index (χ3n) is 4.83. The van der Waals surface area contributed by atoms with Gasteiger partial charge in [0.25, 0.3) is 0 Å². The Kier molecular flexibility index (Phi) is 4.75. The third kappa shape index (κ3) is 3.77. The van der Waals surface area contributed by atoms with Gasteiger partial charge in [-0.3, -0.25) is 0 Å². The van der Waals surface area contributed by atoms with Crippen molar-refractivity contribution < 1.29 is 14.6 Å². The fourth-order valence-corrected chi connectivity index (χ4v) is 3.41. The second-order valence-electron chi connectivity index (χ2n) is 6.65. The van der Waals surface area contributed by atoms with E-state index in [9.17, 15) is 9.90 Å². The second-order valence-corrected chi connectivity index (χ2v) is 6.65. The number of carboxylic acid groups (broad SMARTS) is 1. The number of carbonyl (C=O) groups is 1. The van der Waals surface area contributed by atoms with Crippen LogP contribution in [-0.4, -0.2) is 17.2 Å². The molecule has 0 aliphatic carbocycles. The summed E-state index contributed by atoms with van der Waals surface area (Å²) in [6, 6.07) is 26.0. The van der Waals surface area contributed by atoms with E-state index in [1.807, 2.05) is 78.9 Å². The Morgan fingerprint density at radius 1 is 0.889 bits per heavy atom. The molecule has 0 amide bonds. The largest absolute Gasteiger partial charge is 0.485 e. The number of carboxylic acids is 1. The first-order valence-electron chi connectivity index (χ1n) is 9.05. The lowest BCUT2D eigenvalue weighted by molar-refractivity contribution is -0.133. The molecule has 3 nitrogen and oxygen atoms in total. The number of ether oxygens (including phenoxy) is 1.